The standard InChI is InChI=1S/2C7H12O2.C6H9NO.C3H4O2/c2*1-4-5-9-7(8)6(2)3;1-2-7-5-3-4-6(7)8;1-2-3(4)5/h2*2,4-5H2,1,3H3;2H,1,3-5H2;2H,1H2,(H,4,5). The molecule has 1 aliphatic heterocycles. The molecule has 1 fully saturated rings. The van der Waals surface area contributed by atoms with E-state index in [1.807, 2.05) is 13.8 Å². The number of nitrogens with zero attached hydrogens (tertiary/aromatic N) is 1. The van der Waals surface area contributed by atoms with Crippen LogP contribution in [0.2, 0.25) is 0 Å². The second-order valence-corrected chi connectivity index (χ2v) is 6.25. The van der Waals surface area contributed by atoms with E-state index in [-0.39, 0.29) is 17.8 Å². The maximum absolute atomic E-state index is 10.7. The van der Waals surface area contributed by atoms with E-state index < -0.39 is 5.97 Å². The minimum Gasteiger partial charge on any atom is -0.478 e. The van der Waals surface area contributed by atoms with Crippen molar-refractivity contribution in [3.63, 3.8) is 0 Å². The SMILES string of the molecule is C=C(C)C(=O)OCCC.C=C(C)C(=O)OCCC.C=CC(=O)O.C=CN1CCCC1=O. The zero-order valence-corrected chi connectivity index (χ0v) is 19.3. The third-order valence-corrected chi connectivity index (χ3v) is 3.08. The molecular weight excluding hydrogens is 402 g/mol. The van der Waals surface area contributed by atoms with Crippen molar-refractivity contribution in [1.29, 1.82) is 0 Å². The third-order valence-electron chi connectivity index (χ3n) is 3.08. The van der Waals surface area contributed by atoms with E-state index in [1.165, 1.54) is 0 Å². The molecule has 0 aromatic rings. The van der Waals surface area contributed by atoms with Crippen molar-refractivity contribution >= 4 is 23.8 Å². The molecular formula is C23H37NO7. The number of aliphatic carboxylic acids is 1. The van der Waals surface area contributed by atoms with E-state index in [0.717, 1.165) is 31.9 Å². The molecule has 0 aromatic carbocycles. The second kappa shape index (κ2) is 21.5. The first-order valence-corrected chi connectivity index (χ1v) is 9.90. The van der Waals surface area contributed by atoms with Crippen molar-refractivity contribution in [3.05, 3.63) is 49.7 Å². The summed E-state index contributed by atoms with van der Waals surface area (Å²) in [6, 6.07) is 0. The second-order valence-electron chi connectivity index (χ2n) is 6.25. The molecule has 8 nitrogen and oxygen atoms in total. The van der Waals surface area contributed by atoms with Crippen LogP contribution in [0.25, 0.3) is 0 Å². The Morgan fingerprint density at radius 1 is 1.00 bits per heavy atom. The number of carbonyl (C=O) groups excluding carboxylic acids is 3. The van der Waals surface area contributed by atoms with Gasteiger partial charge in [0.05, 0.1) is 13.2 Å². The first kappa shape index (κ1) is 32.5. The van der Waals surface area contributed by atoms with Crippen molar-refractivity contribution in [3.8, 4) is 0 Å². The van der Waals surface area contributed by atoms with E-state index >= 15 is 0 Å². The van der Waals surface area contributed by atoms with E-state index in [9.17, 15) is 19.2 Å². The Bertz CT molecular complexity index is 593. The topological polar surface area (TPSA) is 110 Å². The number of carbonyl (C=O) groups is 4. The molecule has 8 heteroatoms. The molecule has 1 N–H and O–H groups in total. The Kier molecular flexibility index (Phi) is 22.6. The van der Waals surface area contributed by atoms with Crippen LogP contribution in [0.1, 0.15) is 53.4 Å². The molecule has 1 saturated heterocycles. The van der Waals surface area contributed by atoms with Gasteiger partial charge in [0.15, 0.2) is 0 Å². The van der Waals surface area contributed by atoms with E-state index in [0.29, 0.717) is 30.8 Å². The largest absolute Gasteiger partial charge is 0.478 e. The average molecular weight is 440 g/mol. The van der Waals surface area contributed by atoms with Gasteiger partial charge >= 0.3 is 17.9 Å². The van der Waals surface area contributed by atoms with E-state index in [4.69, 9.17) is 14.6 Å². The molecule has 0 radical (unpaired) electrons. The van der Waals surface area contributed by atoms with Crippen LogP contribution in [-0.2, 0) is 28.7 Å². The molecule has 0 aromatic heterocycles. The van der Waals surface area contributed by atoms with Crippen LogP contribution < -0.4 is 0 Å². The Hall–Kier alpha value is -3.16. The fraction of sp³-hybridized carbons (Fsp3) is 0.478. The zero-order chi connectivity index (χ0) is 24.8. The van der Waals surface area contributed by atoms with Gasteiger partial charge < -0.3 is 19.5 Å². The van der Waals surface area contributed by atoms with Gasteiger partial charge in [-0.25, -0.2) is 14.4 Å². The first-order valence-electron chi connectivity index (χ1n) is 9.90. The highest BCUT2D eigenvalue weighted by atomic mass is 16.5. The molecule has 1 aliphatic rings. The Morgan fingerprint density at radius 2 is 1.39 bits per heavy atom. The summed E-state index contributed by atoms with van der Waals surface area (Å²) in [5.41, 5.74) is 0.923. The predicted molar refractivity (Wildman–Crippen MR) is 121 cm³/mol. The van der Waals surface area contributed by atoms with Crippen molar-refractivity contribution < 1.29 is 33.8 Å². The van der Waals surface area contributed by atoms with Crippen molar-refractivity contribution in [2.24, 2.45) is 0 Å². The highest BCUT2D eigenvalue weighted by Gasteiger charge is 2.16. The summed E-state index contributed by atoms with van der Waals surface area (Å²) in [5.74, 6) is -1.36. The average Bonchev–Trinajstić information content (AvgIpc) is 3.16. The van der Waals surface area contributed by atoms with Gasteiger partial charge in [-0.1, -0.05) is 40.2 Å². The third kappa shape index (κ3) is 23.0. The lowest BCUT2D eigenvalue weighted by Gasteiger charge is -2.05. The van der Waals surface area contributed by atoms with Gasteiger partial charge in [0.25, 0.3) is 0 Å². The van der Waals surface area contributed by atoms with E-state index in [1.54, 1.807) is 24.9 Å². The number of hydrogen-bond acceptors (Lipinski definition) is 6. The Morgan fingerprint density at radius 3 is 1.55 bits per heavy atom. The Labute approximate surface area is 185 Å². The number of ether oxygens (including phenoxy) is 2. The van der Waals surface area contributed by atoms with Crippen LogP contribution in [0.5, 0.6) is 0 Å². The van der Waals surface area contributed by atoms with Crippen molar-refractivity contribution in [2.45, 2.75) is 53.4 Å². The van der Waals surface area contributed by atoms with Gasteiger partial charge in [0.1, 0.15) is 0 Å². The molecule has 1 amide bonds. The lowest BCUT2D eigenvalue weighted by atomic mass is 10.4. The van der Waals surface area contributed by atoms with Gasteiger partial charge in [-0.05, 0) is 39.3 Å². The molecule has 0 saturated carbocycles. The molecule has 0 aliphatic carbocycles. The lowest BCUT2D eigenvalue weighted by molar-refractivity contribution is -0.139. The molecule has 1 rings (SSSR count). The predicted octanol–water partition coefficient (Wildman–Crippen LogP) is 4.04. The Balaban J connectivity index is -0.000000344. The number of amides is 1. The van der Waals surface area contributed by atoms with Crippen LogP contribution in [0.3, 0.4) is 0 Å². The quantitative estimate of drug-likeness (QED) is 0.449. The summed E-state index contributed by atoms with van der Waals surface area (Å²) >= 11 is 0. The summed E-state index contributed by atoms with van der Waals surface area (Å²) < 4.78 is 9.43. The number of carboxylic acid groups (broad SMARTS) is 1. The normalized spacial score (nSPS) is 11.1. The van der Waals surface area contributed by atoms with Crippen molar-refractivity contribution in [1.82, 2.24) is 4.90 Å². The number of hydrogen-bond donors (Lipinski definition) is 1. The van der Waals surface area contributed by atoms with Crippen LogP contribution in [-0.4, -0.2) is 53.6 Å². The maximum Gasteiger partial charge on any atom is 0.333 e. The molecule has 0 unspecified atom stereocenters. The van der Waals surface area contributed by atoms with Crippen LogP contribution in [0.4, 0.5) is 0 Å². The monoisotopic (exact) mass is 439 g/mol. The molecule has 31 heavy (non-hydrogen) atoms. The van der Waals surface area contributed by atoms with Crippen LogP contribution in [0, 0.1) is 0 Å². The van der Waals surface area contributed by atoms with Crippen molar-refractivity contribution in [2.75, 3.05) is 19.8 Å². The van der Waals surface area contributed by atoms with Gasteiger partial charge in [0, 0.05) is 30.2 Å². The van der Waals surface area contributed by atoms with Crippen LogP contribution in [0.15, 0.2) is 49.7 Å². The van der Waals surface area contributed by atoms with Crippen LogP contribution >= 0.6 is 0 Å². The first-order chi connectivity index (χ1) is 14.5. The number of rotatable bonds is 8. The summed E-state index contributed by atoms with van der Waals surface area (Å²) in [4.78, 5) is 42.7. The summed E-state index contributed by atoms with van der Waals surface area (Å²) in [7, 11) is 0. The highest BCUT2D eigenvalue weighted by Crippen LogP contribution is 2.08. The molecule has 0 atom stereocenters. The number of esters is 2. The zero-order valence-electron chi connectivity index (χ0n) is 19.3. The maximum atomic E-state index is 10.7. The molecule has 176 valence electrons. The van der Waals surface area contributed by atoms with Gasteiger partial charge in [-0.3, -0.25) is 4.79 Å². The minimum atomic E-state index is -0.981. The summed E-state index contributed by atoms with van der Waals surface area (Å²) in [5, 5.41) is 7.60. The van der Waals surface area contributed by atoms with Gasteiger partial charge in [0.2, 0.25) is 5.91 Å². The van der Waals surface area contributed by atoms with Gasteiger partial charge in [-0.2, -0.15) is 0 Å². The number of carboxylic acids is 1. The molecule has 0 spiro atoms. The van der Waals surface area contributed by atoms with Gasteiger partial charge in [-0.15, -0.1) is 0 Å². The summed E-state index contributed by atoms with van der Waals surface area (Å²) in [6.45, 7) is 22.3. The minimum absolute atomic E-state index is 0.208. The molecule has 1 heterocycles. The fourth-order valence-electron chi connectivity index (χ4n) is 1.50. The fourth-order valence-corrected chi connectivity index (χ4v) is 1.50. The lowest BCUT2D eigenvalue weighted by Crippen LogP contribution is -2.16. The highest BCUT2D eigenvalue weighted by molar-refractivity contribution is 5.87. The van der Waals surface area contributed by atoms with E-state index in [2.05, 4.69) is 26.3 Å². The summed E-state index contributed by atoms with van der Waals surface area (Å²) in [6.07, 6.45) is 5.84. The molecule has 0 bridgehead atoms. The smallest absolute Gasteiger partial charge is 0.333 e. The number of likely N-dealkylation sites (tertiary alicyclic amines) is 1.